The number of rotatable bonds is 4. The fraction of sp³-hybridized carbons (Fsp3) is 0.400. The molecule has 0 aliphatic carbocycles. The fourth-order valence-corrected chi connectivity index (χ4v) is 3.14. The lowest BCUT2D eigenvalue weighted by atomic mass is 10.2. The van der Waals surface area contributed by atoms with Crippen LogP contribution >= 0.6 is 23.2 Å². The first-order valence-corrected chi connectivity index (χ1v) is 8.36. The highest BCUT2D eigenvalue weighted by Crippen LogP contribution is 2.26. The molecule has 10 heteroatoms. The number of piperazine rings is 1. The van der Waals surface area contributed by atoms with Crippen molar-refractivity contribution in [2.24, 2.45) is 0 Å². The van der Waals surface area contributed by atoms with E-state index in [9.17, 15) is 13.6 Å². The summed E-state index contributed by atoms with van der Waals surface area (Å²) in [6.45, 7) is 1.50. The van der Waals surface area contributed by atoms with E-state index in [1.54, 1.807) is 11.0 Å². The number of aromatic nitrogens is 3. The van der Waals surface area contributed by atoms with Crippen LogP contribution in [0.1, 0.15) is 10.5 Å². The molecule has 2 aromatic rings. The molecule has 25 heavy (non-hydrogen) atoms. The van der Waals surface area contributed by atoms with E-state index >= 15 is 0 Å². The molecule has 1 saturated heterocycles. The quantitative estimate of drug-likeness (QED) is 0.806. The number of hydrogen-bond donors (Lipinski definition) is 0. The van der Waals surface area contributed by atoms with Crippen LogP contribution < -0.4 is 4.90 Å². The summed E-state index contributed by atoms with van der Waals surface area (Å²) in [6, 6.07) is 3.08. The lowest BCUT2D eigenvalue weighted by molar-refractivity contribution is 0.0736. The molecule has 0 unspecified atom stereocenters. The zero-order valence-electron chi connectivity index (χ0n) is 13.1. The van der Waals surface area contributed by atoms with Crippen LogP contribution in [0, 0.1) is 0 Å². The highest BCUT2D eigenvalue weighted by atomic mass is 35.5. The Morgan fingerprint density at radius 2 is 1.96 bits per heavy atom. The maximum atomic E-state index is 12.4. The fourth-order valence-electron chi connectivity index (χ4n) is 2.64. The topological polar surface area (TPSA) is 54.3 Å². The number of alkyl halides is 2. The molecule has 3 heterocycles. The summed E-state index contributed by atoms with van der Waals surface area (Å²) >= 11 is 12.0. The third kappa shape index (κ3) is 4.19. The number of amides is 1. The van der Waals surface area contributed by atoms with Gasteiger partial charge in [0, 0.05) is 38.6 Å². The average molecular weight is 390 g/mol. The molecular weight excluding hydrogens is 375 g/mol. The Morgan fingerprint density at radius 1 is 1.24 bits per heavy atom. The first kappa shape index (κ1) is 17.9. The van der Waals surface area contributed by atoms with Gasteiger partial charge in [0.05, 0.1) is 10.0 Å². The Kier molecular flexibility index (Phi) is 5.39. The lowest BCUT2D eigenvalue weighted by Gasteiger charge is -2.35. The first-order chi connectivity index (χ1) is 11.9. The maximum absolute atomic E-state index is 12.4. The van der Waals surface area contributed by atoms with Crippen LogP contribution in [0.15, 0.2) is 24.5 Å². The van der Waals surface area contributed by atoms with Crippen LogP contribution in [0.2, 0.25) is 10.0 Å². The molecule has 134 valence electrons. The third-order valence-electron chi connectivity index (χ3n) is 3.84. The van der Waals surface area contributed by atoms with Gasteiger partial charge in [-0.05, 0) is 12.1 Å². The summed E-state index contributed by atoms with van der Waals surface area (Å²) in [7, 11) is 0. The number of anilines is 1. The van der Waals surface area contributed by atoms with Crippen LogP contribution in [0.5, 0.6) is 0 Å². The molecule has 0 saturated carbocycles. The van der Waals surface area contributed by atoms with Gasteiger partial charge in [-0.3, -0.25) is 9.48 Å². The van der Waals surface area contributed by atoms with E-state index in [0.717, 1.165) is 4.68 Å². The molecule has 0 atom stereocenters. The molecule has 2 aromatic heterocycles. The Hall–Kier alpha value is -1.93. The van der Waals surface area contributed by atoms with Gasteiger partial charge in [0.15, 0.2) is 0 Å². The normalized spacial score (nSPS) is 15.1. The minimum atomic E-state index is -2.51. The summed E-state index contributed by atoms with van der Waals surface area (Å²) in [5, 5.41) is 4.83. The molecule has 0 radical (unpaired) electrons. The van der Waals surface area contributed by atoms with Crippen LogP contribution in [-0.2, 0) is 6.54 Å². The SMILES string of the molecule is O=C(c1ccn(CC(F)F)n1)N1CCN(c2ncc(Cl)cc2Cl)CC1. The number of hydrogen-bond acceptors (Lipinski definition) is 4. The largest absolute Gasteiger partial charge is 0.352 e. The Morgan fingerprint density at radius 3 is 2.60 bits per heavy atom. The predicted molar refractivity (Wildman–Crippen MR) is 90.6 cm³/mol. The summed E-state index contributed by atoms with van der Waals surface area (Å²) < 4.78 is 25.8. The minimum Gasteiger partial charge on any atom is -0.352 e. The Bertz CT molecular complexity index is 762. The minimum absolute atomic E-state index is 0.164. The van der Waals surface area contributed by atoms with E-state index in [2.05, 4.69) is 10.1 Å². The number of pyridine rings is 1. The molecule has 6 nitrogen and oxygen atoms in total. The van der Waals surface area contributed by atoms with Crippen molar-refractivity contribution in [3.8, 4) is 0 Å². The monoisotopic (exact) mass is 389 g/mol. The number of halogens is 4. The molecule has 3 rings (SSSR count). The second-order valence-electron chi connectivity index (χ2n) is 5.55. The highest BCUT2D eigenvalue weighted by molar-refractivity contribution is 6.36. The third-order valence-corrected chi connectivity index (χ3v) is 4.32. The van der Waals surface area contributed by atoms with E-state index < -0.39 is 13.0 Å². The van der Waals surface area contributed by atoms with Gasteiger partial charge < -0.3 is 9.80 Å². The summed E-state index contributed by atoms with van der Waals surface area (Å²) in [6.07, 6.45) is 0.395. The second kappa shape index (κ2) is 7.53. The molecule has 0 spiro atoms. The summed E-state index contributed by atoms with van der Waals surface area (Å²) in [5.41, 5.74) is 0.164. The van der Waals surface area contributed by atoms with Gasteiger partial charge >= 0.3 is 0 Å². The summed E-state index contributed by atoms with van der Waals surface area (Å²) in [5.74, 6) is 0.349. The zero-order valence-corrected chi connectivity index (χ0v) is 14.6. The van der Waals surface area contributed by atoms with E-state index in [4.69, 9.17) is 23.2 Å². The molecule has 0 aromatic carbocycles. The lowest BCUT2D eigenvalue weighted by Crippen LogP contribution is -2.49. The smallest absolute Gasteiger partial charge is 0.274 e. The second-order valence-corrected chi connectivity index (χ2v) is 6.40. The van der Waals surface area contributed by atoms with Crippen LogP contribution in [0.4, 0.5) is 14.6 Å². The van der Waals surface area contributed by atoms with Crippen molar-refractivity contribution in [3.05, 3.63) is 40.3 Å². The average Bonchev–Trinajstić information content (AvgIpc) is 3.02. The van der Waals surface area contributed by atoms with Gasteiger partial charge in [-0.2, -0.15) is 5.10 Å². The van der Waals surface area contributed by atoms with E-state index in [1.165, 1.54) is 18.5 Å². The molecule has 1 aliphatic rings. The van der Waals surface area contributed by atoms with Crippen molar-refractivity contribution in [2.45, 2.75) is 13.0 Å². The van der Waals surface area contributed by atoms with Crippen molar-refractivity contribution < 1.29 is 13.6 Å². The van der Waals surface area contributed by atoms with Crippen molar-refractivity contribution in [1.29, 1.82) is 0 Å². The van der Waals surface area contributed by atoms with Gasteiger partial charge in [0.25, 0.3) is 12.3 Å². The zero-order chi connectivity index (χ0) is 18.0. The number of nitrogens with zero attached hydrogens (tertiary/aromatic N) is 5. The Labute approximate surface area is 152 Å². The first-order valence-electron chi connectivity index (χ1n) is 7.61. The molecule has 0 bridgehead atoms. The van der Waals surface area contributed by atoms with Crippen molar-refractivity contribution in [2.75, 3.05) is 31.1 Å². The molecule has 1 fully saturated rings. The van der Waals surface area contributed by atoms with Gasteiger partial charge in [-0.15, -0.1) is 0 Å². The number of carbonyl (C=O) groups is 1. The molecule has 0 N–H and O–H groups in total. The molecule has 1 aliphatic heterocycles. The van der Waals surface area contributed by atoms with Gasteiger partial charge in [0.2, 0.25) is 0 Å². The van der Waals surface area contributed by atoms with Crippen molar-refractivity contribution >= 4 is 34.9 Å². The van der Waals surface area contributed by atoms with E-state index in [1.807, 2.05) is 4.90 Å². The number of carbonyl (C=O) groups excluding carboxylic acids is 1. The van der Waals surface area contributed by atoms with Crippen LogP contribution in [0.3, 0.4) is 0 Å². The predicted octanol–water partition coefficient (Wildman–Crippen LogP) is 2.81. The van der Waals surface area contributed by atoms with Crippen molar-refractivity contribution in [3.63, 3.8) is 0 Å². The van der Waals surface area contributed by atoms with Crippen LogP contribution in [-0.4, -0.2) is 58.2 Å². The molecular formula is C15H15Cl2F2N5O. The van der Waals surface area contributed by atoms with E-state index in [0.29, 0.717) is 42.0 Å². The summed E-state index contributed by atoms with van der Waals surface area (Å²) in [4.78, 5) is 20.3. The Balaban J connectivity index is 1.61. The van der Waals surface area contributed by atoms with Gasteiger partial charge in [-0.1, -0.05) is 23.2 Å². The highest BCUT2D eigenvalue weighted by Gasteiger charge is 2.25. The van der Waals surface area contributed by atoms with Crippen molar-refractivity contribution in [1.82, 2.24) is 19.7 Å². The molecule has 1 amide bonds. The standard InChI is InChI=1S/C15H15Cl2F2N5O/c16-10-7-11(17)14(20-8-10)22-3-5-23(6-4-22)15(25)12-1-2-24(21-12)9-13(18)19/h1-2,7-8,13H,3-6,9H2. The van der Waals surface area contributed by atoms with Crippen LogP contribution in [0.25, 0.3) is 0 Å². The van der Waals surface area contributed by atoms with Gasteiger partial charge in [0.1, 0.15) is 18.1 Å². The van der Waals surface area contributed by atoms with Gasteiger partial charge in [-0.25, -0.2) is 13.8 Å². The van der Waals surface area contributed by atoms with E-state index in [-0.39, 0.29) is 11.6 Å². The maximum Gasteiger partial charge on any atom is 0.274 e.